The van der Waals surface area contributed by atoms with Gasteiger partial charge in [0.15, 0.2) is 0 Å². The molecule has 0 atom stereocenters. The maximum Gasteiger partial charge on any atom is 0.258 e. The van der Waals surface area contributed by atoms with E-state index in [0.717, 1.165) is 5.69 Å². The van der Waals surface area contributed by atoms with Crippen molar-refractivity contribution in [3.8, 4) is 0 Å². The second-order valence-electron chi connectivity index (χ2n) is 4.12. The highest BCUT2D eigenvalue weighted by atomic mass is 16.3. The molecule has 1 aliphatic rings. The molecule has 1 aromatic rings. The first-order chi connectivity index (χ1) is 9.18. The summed E-state index contributed by atoms with van der Waals surface area (Å²) in [7, 11) is 0. The fraction of sp³-hybridized carbons (Fsp3) is 0.308. The molecule has 6 heteroatoms. The molecular weight excluding hydrogens is 244 g/mol. The highest BCUT2D eigenvalue weighted by molar-refractivity contribution is 6.21. The third kappa shape index (κ3) is 3.31. The van der Waals surface area contributed by atoms with Crippen molar-refractivity contribution in [1.29, 1.82) is 0 Å². The molecule has 6 nitrogen and oxygen atoms in total. The molecule has 0 bridgehead atoms. The molecule has 2 heterocycles. The van der Waals surface area contributed by atoms with E-state index in [0.29, 0.717) is 25.5 Å². The molecule has 3 N–H and O–H groups in total. The fourth-order valence-corrected chi connectivity index (χ4v) is 1.77. The molecular formula is C13H16N4O2. The van der Waals surface area contributed by atoms with E-state index in [4.69, 9.17) is 0 Å². The lowest BCUT2D eigenvalue weighted by molar-refractivity contribution is -0.117. The van der Waals surface area contributed by atoms with Crippen LogP contribution in [0.5, 0.6) is 0 Å². The Balaban J connectivity index is 2.03. The number of aliphatic hydroxyl groups excluding tert-OH is 1. The van der Waals surface area contributed by atoms with Crippen molar-refractivity contribution in [2.45, 2.75) is 13.5 Å². The third-order valence-corrected chi connectivity index (χ3v) is 2.66. The second kappa shape index (κ2) is 5.99. The van der Waals surface area contributed by atoms with Crippen molar-refractivity contribution in [1.82, 2.24) is 15.6 Å². The number of amidine groups is 1. The molecule has 0 aliphatic carbocycles. The molecule has 0 unspecified atom stereocenters. The van der Waals surface area contributed by atoms with Crippen LogP contribution in [0.25, 0.3) is 0 Å². The Labute approximate surface area is 111 Å². The van der Waals surface area contributed by atoms with E-state index >= 15 is 0 Å². The van der Waals surface area contributed by atoms with Gasteiger partial charge in [0.05, 0.1) is 18.8 Å². The number of allylic oxidation sites excluding steroid dienone is 1. The van der Waals surface area contributed by atoms with Gasteiger partial charge in [0, 0.05) is 12.7 Å². The Hall–Kier alpha value is -2.37. The standard InChI is InChI=1S/C13H16N4O2/c1-9(18)11(12-15-6-7-16-12)13(19)17-8-10-4-2-3-5-14-10/h2-5,18H,6-8H2,1H3,(H,15,16)(H,17,19)/b11-9-. The minimum atomic E-state index is -0.362. The molecule has 0 aromatic carbocycles. The summed E-state index contributed by atoms with van der Waals surface area (Å²) in [5.41, 5.74) is 0.945. The topological polar surface area (TPSA) is 86.6 Å². The van der Waals surface area contributed by atoms with Crippen molar-refractivity contribution in [2.75, 3.05) is 13.1 Å². The van der Waals surface area contributed by atoms with E-state index in [1.165, 1.54) is 6.92 Å². The van der Waals surface area contributed by atoms with Crippen molar-refractivity contribution in [3.05, 3.63) is 41.4 Å². The Kier molecular flexibility index (Phi) is 4.12. The number of aliphatic imine (C=N–C) groups is 1. The number of aromatic nitrogens is 1. The number of amides is 1. The summed E-state index contributed by atoms with van der Waals surface area (Å²) in [6.45, 7) is 3.07. The fourth-order valence-electron chi connectivity index (χ4n) is 1.77. The van der Waals surface area contributed by atoms with Crippen molar-refractivity contribution in [2.24, 2.45) is 4.99 Å². The van der Waals surface area contributed by atoms with Crippen LogP contribution in [0.4, 0.5) is 0 Å². The number of hydrogen-bond acceptors (Lipinski definition) is 5. The Morgan fingerprint density at radius 3 is 2.95 bits per heavy atom. The van der Waals surface area contributed by atoms with Crippen molar-refractivity contribution >= 4 is 11.7 Å². The molecule has 100 valence electrons. The van der Waals surface area contributed by atoms with Crippen LogP contribution in [0.15, 0.2) is 40.7 Å². The van der Waals surface area contributed by atoms with E-state index in [9.17, 15) is 9.90 Å². The molecule has 1 aromatic heterocycles. The second-order valence-corrected chi connectivity index (χ2v) is 4.12. The van der Waals surface area contributed by atoms with Gasteiger partial charge in [0.25, 0.3) is 5.91 Å². The summed E-state index contributed by atoms with van der Waals surface area (Å²) in [5, 5.41) is 15.3. The van der Waals surface area contributed by atoms with Gasteiger partial charge in [-0.3, -0.25) is 14.8 Å². The average molecular weight is 260 g/mol. The molecule has 0 spiro atoms. The number of pyridine rings is 1. The monoisotopic (exact) mass is 260 g/mol. The van der Waals surface area contributed by atoms with Gasteiger partial charge in [-0.2, -0.15) is 0 Å². The summed E-state index contributed by atoms with van der Waals surface area (Å²) >= 11 is 0. The van der Waals surface area contributed by atoms with Crippen molar-refractivity contribution < 1.29 is 9.90 Å². The van der Waals surface area contributed by atoms with E-state index in [2.05, 4.69) is 20.6 Å². The Morgan fingerprint density at radius 2 is 2.37 bits per heavy atom. The van der Waals surface area contributed by atoms with Crippen LogP contribution in [0.2, 0.25) is 0 Å². The molecule has 0 saturated carbocycles. The number of hydrogen-bond donors (Lipinski definition) is 3. The predicted molar refractivity (Wildman–Crippen MR) is 71.7 cm³/mol. The third-order valence-electron chi connectivity index (χ3n) is 2.66. The van der Waals surface area contributed by atoms with Gasteiger partial charge in [0.2, 0.25) is 0 Å². The van der Waals surface area contributed by atoms with Gasteiger partial charge >= 0.3 is 0 Å². The summed E-state index contributed by atoms with van der Waals surface area (Å²) in [6.07, 6.45) is 1.66. The summed E-state index contributed by atoms with van der Waals surface area (Å²) in [4.78, 5) is 20.3. The minimum absolute atomic E-state index is 0.0494. The van der Waals surface area contributed by atoms with Crippen LogP contribution in [0.3, 0.4) is 0 Å². The summed E-state index contributed by atoms with van der Waals surface area (Å²) in [6, 6.07) is 5.48. The molecule has 0 saturated heterocycles. The number of aliphatic hydroxyl groups is 1. The van der Waals surface area contributed by atoms with Crippen LogP contribution in [0.1, 0.15) is 12.6 Å². The molecule has 0 radical (unpaired) electrons. The van der Waals surface area contributed by atoms with Crippen LogP contribution >= 0.6 is 0 Å². The maximum atomic E-state index is 12.1. The van der Waals surface area contributed by atoms with E-state index in [-0.39, 0.29) is 17.2 Å². The van der Waals surface area contributed by atoms with Gasteiger partial charge < -0.3 is 15.7 Å². The Bertz CT molecular complexity index is 519. The van der Waals surface area contributed by atoms with E-state index in [1.54, 1.807) is 6.20 Å². The van der Waals surface area contributed by atoms with Gasteiger partial charge in [-0.25, -0.2) is 0 Å². The van der Waals surface area contributed by atoms with Gasteiger partial charge in [-0.15, -0.1) is 0 Å². The summed E-state index contributed by atoms with van der Waals surface area (Å²) < 4.78 is 0. The quantitative estimate of drug-likeness (QED) is 0.544. The lowest BCUT2D eigenvalue weighted by atomic mass is 10.2. The zero-order chi connectivity index (χ0) is 13.7. The normalized spacial score (nSPS) is 15.3. The SMILES string of the molecule is C/C(O)=C(/C(=O)NCc1ccccn1)C1=NCCN1. The number of nitrogens with zero attached hydrogens (tertiary/aromatic N) is 2. The van der Waals surface area contributed by atoms with Gasteiger partial charge in [0.1, 0.15) is 17.2 Å². The molecule has 0 fully saturated rings. The highest BCUT2D eigenvalue weighted by Gasteiger charge is 2.21. The molecule has 1 amide bonds. The maximum absolute atomic E-state index is 12.1. The lowest BCUT2D eigenvalue weighted by Gasteiger charge is -2.10. The number of carbonyl (C=O) groups excluding carboxylic acids is 1. The smallest absolute Gasteiger partial charge is 0.258 e. The predicted octanol–water partition coefficient (Wildman–Crippen LogP) is 0.531. The average Bonchev–Trinajstić information content (AvgIpc) is 2.91. The van der Waals surface area contributed by atoms with E-state index < -0.39 is 0 Å². The molecule has 19 heavy (non-hydrogen) atoms. The zero-order valence-corrected chi connectivity index (χ0v) is 10.7. The van der Waals surface area contributed by atoms with Crippen molar-refractivity contribution in [3.63, 3.8) is 0 Å². The van der Waals surface area contributed by atoms with Gasteiger partial charge in [-0.1, -0.05) is 6.07 Å². The molecule has 1 aliphatic heterocycles. The van der Waals surface area contributed by atoms with Crippen LogP contribution in [-0.4, -0.2) is 34.9 Å². The minimum Gasteiger partial charge on any atom is -0.512 e. The lowest BCUT2D eigenvalue weighted by Crippen LogP contribution is -2.33. The van der Waals surface area contributed by atoms with Crippen LogP contribution in [0, 0.1) is 0 Å². The highest BCUT2D eigenvalue weighted by Crippen LogP contribution is 2.06. The van der Waals surface area contributed by atoms with Crippen LogP contribution in [-0.2, 0) is 11.3 Å². The van der Waals surface area contributed by atoms with Gasteiger partial charge in [-0.05, 0) is 19.1 Å². The van der Waals surface area contributed by atoms with Crippen LogP contribution < -0.4 is 10.6 Å². The largest absolute Gasteiger partial charge is 0.512 e. The zero-order valence-electron chi connectivity index (χ0n) is 10.7. The number of rotatable bonds is 4. The first-order valence-corrected chi connectivity index (χ1v) is 6.05. The first-order valence-electron chi connectivity index (χ1n) is 6.05. The molecule has 2 rings (SSSR count). The number of carbonyl (C=O) groups is 1. The first kappa shape index (κ1) is 13.1. The Morgan fingerprint density at radius 1 is 1.53 bits per heavy atom. The number of nitrogens with one attached hydrogen (secondary N) is 2. The van der Waals surface area contributed by atoms with E-state index in [1.807, 2.05) is 18.2 Å². The summed E-state index contributed by atoms with van der Waals surface area (Å²) in [5.74, 6) is 0.0315.